The standard InChI is InChI=1S/C27H32FNOS/c1-8-21-18(3)27-25(15-24(21)23-11-9-17(2)13-26(23)28)22-12-10-20(30-4)14-19(22)16-29(27)31(5,6)7/h9-15H,8,16H2,1-7H3. The highest BCUT2D eigenvalue weighted by atomic mass is 32.3. The first kappa shape index (κ1) is 21.8. The van der Waals surface area contributed by atoms with Gasteiger partial charge in [0.1, 0.15) is 11.6 Å². The minimum atomic E-state index is -1.02. The van der Waals surface area contributed by atoms with E-state index in [1.54, 1.807) is 13.2 Å². The number of fused-ring (bicyclic) bond motifs is 3. The second kappa shape index (κ2) is 7.90. The predicted molar refractivity (Wildman–Crippen MR) is 134 cm³/mol. The number of halogens is 1. The molecule has 0 atom stereocenters. The molecule has 0 fully saturated rings. The van der Waals surface area contributed by atoms with Gasteiger partial charge in [0.05, 0.1) is 19.3 Å². The maximum atomic E-state index is 15.1. The molecule has 0 saturated carbocycles. The van der Waals surface area contributed by atoms with E-state index < -0.39 is 10.2 Å². The average molecular weight is 438 g/mol. The molecule has 3 aromatic carbocycles. The quantitative estimate of drug-likeness (QED) is 0.425. The van der Waals surface area contributed by atoms with Gasteiger partial charge in [-0.25, -0.2) is 4.39 Å². The first-order chi connectivity index (χ1) is 14.7. The highest BCUT2D eigenvalue weighted by Gasteiger charge is 2.31. The normalized spacial score (nSPS) is 13.6. The number of methoxy groups -OCH3 is 1. The van der Waals surface area contributed by atoms with Crippen LogP contribution in [0, 0.1) is 19.7 Å². The molecular formula is C27H32FNOS. The van der Waals surface area contributed by atoms with Crippen LogP contribution in [0.2, 0.25) is 0 Å². The molecule has 0 N–H and O–H groups in total. The molecule has 0 aliphatic carbocycles. The largest absolute Gasteiger partial charge is 0.497 e. The Labute approximate surface area is 187 Å². The van der Waals surface area contributed by atoms with Gasteiger partial charge in [0.25, 0.3) is 0 Å². The SMILES string of the molecule is CCc1c(-c2ccc(C)cc2F)cc2c(c1C)N(S(C)(C)C)Cc1cc(OC)ccc1-2. The van der Waals surface area contributed by atoms with Crippen LogP contribution in [-0.4, -0.2) is 25.9 Å². The molecule has 164 valence electrons. The molecule has 4 rings (SSSR count). The van der Waals surface area contributed by atoms with E-state index in [2.05, 4.69) is 55.1 Å². The molecule has 0 aromatic heterocycles. The summed E-state index contributed by atoms with van der Waals surface area (Å²) in [5.41, 5.74) is 10.1. The Morgan fingerprint density at radius 3 is 2.26 bits per heavy atom. The molecular weight excluding hydrogens is 405 g/mol. The van der Waals surface area contributed by atoms with Crippen LogP contribution in [0.4, 0.5) is 10.1 Å². The smallest absolute Gasteiger partial charge is 0.131 e. The topological polar surface area (TPSA) is 12.5 Å². The van der Waals surface area contributed by atoms with Crippen LogP contribution in [0.3, 0.4) is 0 Å². The molecule has 0 amide bonds. The molecule has 4 heteroatoms. The number of ether oxygens (including phenoxy) is 1. The van der Waals surface area contributed by atoms with Crippen LogP contribution in [0.25, 0.3) is 22.3 Å². The van der Waals surface area contributed by atoms with Crippen LogP contribution in [0.5, 0.6) is 5.75 Å². The molecule has 0 saturated heterocycles. The van der Waals surface area contributed by atoms with Crippen molar-refractivity contribution in [3.8, 4) is 28.0 Å². The maximum absolute atomic E-state index is 15.1. The number of benzene rings is 3. The number of hydrogen-bond donors (Lipinski definition) is 0. The molecule has 1 heterocycles. The number of rotatable bonds is 4. The number of nitrogens with zero attached hydrogens (tertiary/aromatic N) is 1. The molecule has 0 spiro atoms. The summed E-state index contributed by atoms with van der Waals surface area (Å²) in [4.78, 5) is 0. The van der Waals surface area contributed by atoms with Gasteiger partial charge in [0.15, 0.2) is 0 Å². The molecule has 2 nitrogen and oxygen atoms in total. The van der Waals surface area contributed by atoms with E-state index in [9.17, 15) is 0 Å². The summed E-state index contributed by atoms with van der Waals surface area (Å²) in [5, 5.41) is 0. The van der Waals surface area contributed by atoms with Crippen LogP contribution in [0.15, 0.2) is 42.5 Å². The third kappa shape index (κ3) is 3.71. The molecule has 0 unspecified atom stereocenters. The van der Waals surface area contributed by atoms with Gasteiger partial charge < -0.3 is 9.04 Å². The molecule has 31 heavy (non-hydrogen) atoms. The van der Waals surface area contributed by atoms with Crippen molar-refractivity contribution in [1.82, 2.24) is 0 Å². The molecule has 0 bridgehead atoms. The summed E-state index contributed by atoms with van der Waals surface area (Å²) in [5.74, 6) is 0.718. The van der Waals surface area contributed by atoms with E-state index >= 15 is 4.39 Å². The highest BCUT2D eigenvalue weighted by molar-refractivity contribution is 8.33. The second-order valence-corrected chi connectivity index (χ2v) is 13.1. The van der Waals surface area contributed by atoms with Gasteiger partial charge >= 0.3 is 0 Å². The van der Waals surface area contributed by atoms with Crippen LogP contribution in [-0.2, 0) is 13.0 Å². The molecule has 1 aliphatic heterocycles. The number of anilines is 1. The van der Waals surface area contributed by atoms with Gasteiger partial charge in [-0.05, 0) is 96.7 Å². The van der Waals surface area contributed by atoms with E-state index in [0.717, 1.165) is 29.8 Å². The molecule has 0 radical (unpaired) electrons. The van der Waals surface area contributed by atoms with Gasteiger partial charge in [-0.3, -0.25) is 0 Å². The fourth-order valence-electron chi connectivity index (χ4n) is 4.70. The highest BCUT2D eigenvalue weighted by Crippen LogP contribution is 2.55. The Hall–Kier alpha value is -2.46. The summed E-state index contributed by atoms with van der Waals surface area (Å²) in [6, 6.07) is 14.1. The van der Waals surface area contributed by atoms with E-state index in [0.29, 0.717) is 5.56 Å². The third-order valence-corrected chi connectivity index (χ3v) is 7.91. The van der Waals surface area contributed by atoms with Crippen LogP contribution >= 0.6 is 10.2 Å². The Bertz CT molecular complexity index is 1160. The van der Waals surface area contributed by atoms with Crippen molar-refractivity contribution in [3.63, 3.8) is 0 Å². The zero-order chi connectivity index (χ0) is 22.5. The summed E-state index contributed by atoms with van der Waals surface area (Å²) >= 11 is 0. The van der Waals surface area contributed by atoms with E-state index in [1.165, 1.54) is 33.5 Å². The lowest BCUT2D eigenvalue weighted by Crippen LogP contribution is -2.30. The second-order valence-electron chi connectivity index (χ2n) is 9.09. The van der Waals surface area contributed by atoms with Crippen molar-refractivity contribution >= 4 is 15.9 Å². The van der Waals surface area contributed by atoms with E-state index in [1.807, 2.05) is 25.1 Å². The lowest BCUT2D eigenvalue weighted by atomic mass is 9.85. The Morgan fingerprint density at radius 1 is 0.935 bits per heavy atom. The molecule has 3 aromatic rings. The van der Waals surface area contributed by atoms with Gasteiger partial charge in [-0.15, -0.1) is 0 Å². The monoisotopic (exact) mass is 437 g/mol. The fraction of sp³-hybridized carbons (Fsp3) is 0.333. The van der Waals surface area contributed by atoms with Gasteiger partial charge in [-0.2, -0.15) is 10.2 Å². The van der Waals surface area contributed by atoms with Crippen molar-refractivity contribution < 1.29 is 9.13 Å². The zero-order valence-electron chi connectivity index (χ0n) is 19.6. The zero-order valence-corrected chi connectivity index (χ0v) is 20.4. The van der Waals surface area contributed by atoms with E-state index in [4.69, 9.17) is 4.74 Å². The fourth-order valence-corrected chi connectivity index (χ4v) is 6.01. The summed E-state index contributed by atoms with van der Waals surface area (Å²) in [6.45, 7) is 7.17. The maximum Gasteiger partial charge on any atom is 0.131 e. The minimum absolute atomic E-state index is 0.155. The summed E-state index contributed by atoms with van der Waals surface area (Å²) in [6.07, 6.45) is 7.87. The van der Waals surface area contributed by atoms with Crippen molar-refractivity contribution in [2.75, 3.05) is 30.2 Å². The summed E-state index contributed by atoms with van der Waals surface area (Å²) < 4.78 is 23.1. The summed E-state index contributed by atoms with van der Waals surface area (Å²) in [7, 11) is 0.688. The Balaban J connectivity index is 2.06. The Kier molecular flexibility index (Phi) is 5.55. The Morgan fingerprint density at radius 2 is 1.65 bits per heavy atom. The predicted octanol–water partition coefficient (Wildman–Crippen LogP) is 7.28. The average Bonchev–Trinajstić information content (AvgIpc) is 2.71. The minimum Gasteiger partial charge on any atom is -0.497 e. The van der Waals surface area contributed by atoms with E-state index in [-0.39, 0.29) is 5.82 Å². The first-order valence-corrected chi connectivity index (χ1v) is 13.5. The van der Waals surface area contributed by atoms with Crippen molar-refractivity contribution in [1.29, 1.82) is 0 Å². The van der Waals surface area contributed by atoms with Gasteiger partial charge in [0.2, 0.25) is 0 Å². The third-order valence-electron chi connectivity index (χ3n) is 6.27. The first-order valence-electron chi connectivity index (χ1n) is 10.7. The van der Waals surface area contributed by atoms with Gasteiger partial charge in [-0.1, -0.05) is 25.1 Å². The van der Waals surface area contributed by atoms with Crippen molar-refractivity contribution in [2.45, 2.75) is 33.7 Å². The van der Waals surface area contributed by atoms with Crippen LogP contribution in [0.1, 0.15) is 29.2 Å². The van der Waals surface area contributed by atoms with Crippen LogP contribution < -0.4 is 9.04 Å². The van der Waals surface area contributed by atoms with Gasteiger partial charge in [0, 0.05) is 11.1 Å². The van der Waals surface area contributed by atoms with Crippen molar-refractivity contribution in [3.05, 3.63) is 70.5 Å². The molecule has 1 aliphatic rings. The number of aryl methyl sites for hydroxylation is 1. The number of hydrogen-bond acceptors (Lipinski definition) is 2. The lowest BCUT2D eigenvalue weighted by Gasteiger charge is -2.47. The lowest BCUT2D eigenvalue weighted by molar-refractivity contribution is 0.414. The van der Waals surface area contributed by atoms with Crippen molar-refractivity contribution in [2.24, 2.45) is 0 Å².